The van der Waals surface area contributed by atoms with Crippen LogP contribution in [-0.2, 0) is 6.42 Å². The predicted molar refractivity (Wildman–Crippen MR) is 86.2 cm³/mol. The first-order valence-corrected chi connectivity index (χ1v) is 7.53. The number of hydrogen-bond donors (Lipinski definition) is 2. The van der Waals surface area contributed by atoms with Gasteiger partial charge in [0.15, 0.2) is 0 Å². The second-order valence-corrected chi connectivity index (χ2v) is 6.17. The first-order chi connectivity index (χ1) is 9.70. The van der Waals surface area contributed by atoms with E-state index in [1.807, 2.05) is 0 Å². The van der Waals surface area contributed by atoms with E-state index in [0.717, 1.165) is 39.9 Å². The van der Waals surface area contributed by atoms with E-state index in [4.69, 9.17) is 4.98 Å². The van der Waals surface area contributed by atoms with Crippen LogP contribution >= 0.6 is 15.9 Å². The summed E-state index contributed by atoms with van der Waals surface area (Å²) < 4.78 is 1.08. The molecular weight excluding hydrogens is 314 g/mol. The number of aryl methyl sites for hydroxylation is 1. The number of halogens is 1. The number of aromatic nitrogens is 2. The zero-order valence-electron chi connectivity index (χ0n) is 11.1. The molecule has 1 aromatic heterocycles. The van der Waals surface area contributed by atoms with Gasteiger partial charge < -0.3 is 10.3 Å². The van der Waals surface area contributed by atoms with Crippen LogP contribution in [0.15, 0.2) is 34.8 Å². The van der Waals surface area contributed by atoms with E-state index in [2.05, 4.69) is 63.5 Å². The van der Waals surface area contributed by atoms with Crippen LogP contribution in [0.25, 0.3) is 22.4 Å². The molecule has 0 atom stereocenters. The fourth-order valence-electron chi connectivity index (χ4n) is 2.82. The van der Waals surface area contributed by atoms with Gasteiger partial charge in [-0.2, -0.15) is 0 Å². The molecule has 2 heterocycles. The van der Waals surface area contributed by atoms with E-state index >= 15 is 0 Å². The number of H-pyrrole nitrogens is 1. The van der Waals surface area contributed by atoms with Gasteiger partial charge in [-0.15, -0.1) is 0 Å². The highest BCUT2D eigenvalue weighted by atomic mass is 79.9. The molecule has 2 aromatic carbocycles. The summed E-state index contributed by atoms with van der Waals surface area (Å²) >= 11 is 3.53. The summed E-state index contributed by atoms with van der Waals surface area (Å²) in [7, 11) is 0. The Hall–Kier alpha value is -1.81. The molecule has 3 nitrogen and oxygen atoms in total. The minimum Gasteiger partial charge on any atom is -0.384 e. The Bertz CT molecular complexity index is 820. The zero-order chi connectivity index (χ0) is 13.7. The molecule has 0 aliphatic carbocycles. The summed E-state index contributed by atoms with van der Waals surface area (Å²) in [5, 5.41) is 3.42. The van der Waals surface area contributed by atoms with Crippen molar-refractivity contribution in [2.75, 3.05) is 11.9 Å². The molecule has 0 bridgehead atoms. The Kier molecular flexibility index (Phi) is 2.60. The molecule has 4 rings (SSSR count). The number of nitrogens with one attached hydrogen (secondary N) is 2. The van der Waals surface area contributed by atoms with Crippen molar-refractivity contribution in [3.05, 3.63) is 45.9 Å². The molecule has 1 aliphatic heterocycles. The topological polar surface area (TPSA) is 40.7 Å². The highest BCUT2D eigenvalue weighted by Crippen LogP contribution is 2.30. The second-order valence-electron chi connectivity index (χ2n) is 5.25. The number of hydrogen-bond acceptors (Lipinski definition) is 2. The summed E-state index contributed by atoms with van der Waals surface area (Å²) in [4.78, 5) is 8.16. The van der Waals surface area contributed by atoms with Crippen LogP contribution in [0.3, 0.4) is 0 Å². The third-order valence-electron chi connectivity index (χ3n) is 3.84. The van der Waals surface area contributed by atoms with Gasteiger partial charge >= 0.3 is 0 Å². The Morgan fingerprint density at radius 3 is 3.00 bits per heavy atom. The van der Waals surface area contributed by atoms with E-state index < -0.39 is 0 Å². The van der Waals surface area contributed by atoms with Crippen molar-refractivity contribution in [2.45, 2.75) is 13.3 Å². The Balaban J connectivity index is 1.88. The third-order valence-corrected chi connectivity index (χ3v) is 4.29. The lowest BCUT2D eigenvalue weighted by Crippen LogP contribution is -1.91. The van der Waals surface area contributed by atoms with Gasteiger partial charge in [0.25, 0.3) is 0 Å². The molecule has 20 heavy (non-hydrogen) atoms. The van der Waals surface area contributed by atoms with Gasteiger partial charge in [-0.1, -0.05) is 28.1 Å². The average Bonchev–Trinajstić information content (AvgIpc) is 3.03. The van der Waals surface area contributed by atoms with E-state index in [9.17, 15) is 0 Å². The molecule has 2 N–H and O–H groups in total. The zero-order valence-corrected chi connectivity index (χ0v) is 12.7. The number of anilines is 1. The summed E-state index contributed by atoms with van der Waals surface area (Å²) in [5.74, 6) is 0.928. The molecule has 100 valence electrons. The van der Waals surface area contributed by atoms with Crippen molar-refractivity contribution < 1.29 is 0 Å². The maximum atomic E-state index is 4.74. The number of rotatable bonds is 1. The molecule has 1 aliphatic rings. The molecule has 0 saturated carbocycles. The lowest BCUT2D eigenvalue weighted by molar-refractivity contribution is 1.11. The van der Waals surface area contributed by atoms with Gasteiger partial charge in [0.1, 0.15) is 5.82 Å². The van der Waals surface area contributed by atoms with Crippen molar-refractivity contribution in [3.63, 3.8) is 0 Å². The maximum absolute atomic E-state index is 4.74. The molecule has 0 radical (unpaired) electrons. The standard InChI is InChI=1S/C16H14BrN3/c1-9-6-12(17)8-14-15(9)20-16(19-14)11-3-2-10-4-5-18-13(10)7-11/h2-3,6-8,18H,4-5H2,1H3,(H,19,20). The average molecular weight is 328 g/mol. The van der Waals surface area contributed by atoms with E-state index in [1.165, 1.54) is 16.8 Å². The number of aromatic amines is 1. The van der Waals surface area contributed by atoms with Gasteiger partial charge in [-0.25, -0.2) is 4.98 Å². The third kappa shape index (κ3) is 1.83. The largest absolute Gasteiger partial charge is 0.384 e. The molecule has 3 aromatic rings. The van der Waals surface area contributed by atoms with Gasteiger partial charge in [0.05, 0.1) is 11.0 Å². The van der Waals surface area contributed by atoms with Crippen molar-refractivity contribution in [2.24, 2.45) is 0 Å². The normalized spacial score (nSPS) is 13.5. The molecular formula is C16H14BrN3. The minimum atomic E-state index is 0.928. The van der Waals surface area contributed by atoms with Crippen molar-refractivity contribution in [1.82, 2.24) is 9.97 Å². The molecule has 0 spiro atoms. The van der Waals surface area contributed by atoms with E-state index in [1.54, 1.807) is 0 Å². The number of imidazole rings is 1. The number of nitrogens with zero attached hydrogens (tertiary/aromatic N) is 1. The van der Waals surface area contributed by atoms with Crippen LogP contribution in [0.2, 0.25) is 0 Å². The fourth-order valence-corrected chi connectivity index (χ4v) is 3.39. The number of fused-ring (bicyclic) bond motifs is 2. The van der Waals surface area contributed by atoms with Crippen LogP contribution in [-0.4, -0.2) is 16.5 Å². The van der Waals surface area contributed by atoms with E-state index in [0.29, 0.717) is 0 Å². The summed E-state index contributed by atoms with van der Waals surface area (Å²) in [6.07, 6.45) is 1.11. The maximum Gasteiger partial charge on any atom is 0.138 e. The summed E-state index contributed by atoms with van der Waals surface area (Å²) in [5.41, 5.74) is 7.04. The number of benzene rings is 2. The lowest BCUT2D eigenvalue weighted by Gasteiger charge is -2.02. The summed E-state index contributed by atoms with van der Waals surface area (Å²) in [6.45, 7) is 3.12. The Labute approximate surface area is 125 Å². The smallest absolute Gasteiger partial charge is 0.138 e. The molecule has 0 saturated heterocycles. The van der Waals surface area contributed by atoms with Gasteiger partial charge in [-0.05, 0) is 42.7 Å². The molecule has 4 heteroatoms. The Morgan fingerprint density at radius 2 is 2.10 bits per heavy atom. The first-order valence-electron chi connectivity index (χ1n) is 6.74. The van der Waals surface area contributed by atoms with Gasteiger partial charge in [0, 0.05) is 22.3 Å². The van der Waals surface area contributed by atoms with Crippen LogP contribution in [0.5, 0.6) is 0 Å². The Morgan fingerprint density at radius 1 is 1.20 bits per heavy atom. The van der Waals surface area contributed by atoms with Crippen molar-refractivity contribution in [3.8, 4) is 11.4 Å². The SMILES string of the molecule is Cc1cc(Br)cc2[nH]c(-c3ccc4c(c3)NCC4)nc12. The minimum absolute atomic E-state index is 0.928. The molecule has 0 amide bonds. The lowest BCUT2D eigenvalue weighted by atomic mass is 10.1. The summed E-state index contributed by atoms with van der Waals surface area (Å²) in [6, 6.07) is 10.7. The molecule has 0 unspecified atom stereocenters. The first kappa shape index (κ1) is 12.0. The van der Waals surface area contributed by atoms with Crippen LogP contribution < -0.4 is 5.32 Å². The highest BCUT2D eigenvalue weighted by Gasteiger charge is 2.13. The quantitative estimate of drug-likeness (QED) is 0.700. The fraction of sp³-hybridized carbons (Fsp3) is 0.188. The second kappa shape index (κ2) is 4.35. The van der Waals surface area contributed by atoms with Crippen LogP contribution in [0, 0.1) is 6.92 Å². The van der Waals surface area contributed by atoms with Gasteiger partial charge in [0.2, 0.25) is 0 Å². The van der Waals surface area contributed by atoms with Crippen LogP contribution in [0.1, 0.15) is 11.1 Å². The van der Waals surface area contributed by atoms with E-state index in [-0.39, 0.29) is 0 Å². The monoisotopic (exact) mass is 327 g/mol. The van der Waals surface area contributed by atoms with Crippen LogP contribution in [0.4, 0.5) is 5.69 Å². The predicted octanol–water partition coefficient (Wildman–Crippen LogP) is 4.27. The van der Waals surface area contributed by atoms with Crippen molar-refractivity contribution in [1.29, 1.82) is 0 Å². The van der Waals surface area contributed by atoms with Gasteiger partial charge in [-0.3, -0.25) is 0 Å². The van der Waals surface area contributed by atoms with Crippen molar-refractivity contribution >= 4 is 32.7 Å². The highest BCUT2D eigenvalue weighted by molar-refractivity contribution is 9.10. The molecule has 0 fully saturated rings.